The van der Waals surface area contributed by atoms with Crippen molar-refractivity contribution in [1.29, 1.82) is 0 Å². The number of nitrogens with zero attached hydrogens (tertiary/aromatic N) is 2. The van der Waals surface area contributed by atoms with Crippen LogP contribution in [0.5, 0.6) is 11.5 Å². The van der Waals surface area contributed by atoms with Crippen molar-refractivity contribution in [3.8, 4) is 11.5 Å². The predicted molar refractivity (Wildman–Crippen MR) is 139 cm³/mol. The normalized spacial score (nSPS) is 12.6. The molecule has 1 unspecified atom stereocenters. The van der Waals surface area contributed by atoms with E-state index in [1.807, 2.05) is 44.2 Å². The van der Waals surface area contributed by atoms with E-state index in [9.17, 15) is 8.42 Å². The number of hydrogen-bond acceptors (Lipinski definition) is 5. The number of methoxy groups -OCH3 is 1. The Morgan fingerprint density at radius 3 is 2.44 bits per heavy atom. The first kappa shape index (κ1) is 28.0. The summed E-state index contributed by atoms with van der Waals surface area (Å²) in [7, 11) is 1.11. The van der Waals surface area contributed by atoms with Gasteiger partial charge in [0.25, 0.3) is 0 Å². The third kappa shape index (κ3) is 8.14. The highest BCUT2D eigenvalue weighted by Crippen LogP contribution is 2.20. The molecule has 1 atom stereocenters. The van der Waals surface area contributed by atoms with Gasteiger partial charge in [-0.1, -0.05) is 24.3 Å². The fraction of sp³-hybridized carbons (Fsp3) is 0.409. The predicted octanol–water partition coefficient (Wildman–Crippen LogP) is 3.09. The van der Waals surface area contributed by atoms with E-state index in [1.165, 1.54) is 18.4 Å². The number of benzene rings is 2. The van der Waals surface area contributed by atoms with Crippen LogP contribution in [0.1, 0.15) is 19.4 Å². The number of guanidine groups is 1. The minimum atomic E-state index is -3.54. The van der Waals surface area contributed by atoms with Crippen LogP contribution in [0.3, 0.4) is 0 Å². The zero-order chi connectivity index (χ0) is 22.9. The number of rotatable bonds is 10. The van der Waals surface area contributed by atoms with E-state index in [4.69, 9.17) is 9.47 Å². The zero-order valence-electron chi connectivity index (χ0n) is 19.2. The lowest BCUT2D eigenvalue weighted by Gasteiger charge is -2.18. The Bertz CT molecular complexity index is 983. The van der Waals surface area contributed by atoms with Crippen molar-refractivity contribution >= 4 is 40.0 Å². The fourth-order valence-corrected chi connectivity index (χ4v) is 3.89. The van der Waals surface area contributed by atoms with Crippen LogP contribution in [-0.2, 0) is 16.6 Å². The Kier molecular flexibility index (Phi) is 11.8. The third-order valence-electron chi connectivity index (χ3n) is 4.42. The number of halogens is 1. The maximum atomic E-state index is 12.6. The Labute approximate surface area is 208 Å². The van der Waals surface area contributed by atoms with Gasteiger partial charge in [-0.25, -0.2) is 17.7 Å². The zero-order valence-corrected chi connectivity index (χ0v) is 22.3. The second-order valence-corrected chi connectivity index (χ2v) is 9.20. The summed E-state index contributed by atoms with van der Waals surface area (Å²) in [5.74, 6) is 2.04. The number of hydrogen-bond donors (Lipinski definition) is 2. The summed E-state index contributed by atoms with van der Waals surface area (Å²) in [4.78, 5) is 4.82. The van der Waals surface area contributed by atoms with E-state index in [-0.39, 0.29) is 41.5 Å². The van der Waals surface area contributed by atoms with Gasteiger partial charge in [0, 0.05) is 26.7 Å². The van der Waals surface area contributed by atoms with E-state index in [2.05, 4.69) is 15.6 Å². The van der Waals surface area contributed by atoms with Crippen molar-refractivity contribution in [2.24, 2.45) is 4.99 Å². The van der Waals surface area contributed by atoms with Crippen LogP contribution in [-0.4, -0.2) is 59.1 Å². The number of sulfonamides is 1. The Hall–Kier alpha value is -2.05. The third-order valence-corrected chi connectivity index (χ3v) is 6.33. The standard InChI is InChI=1S/C22H32N4O4S.HI/c1-6-23-22(24-15-17(2)30-20-12-9-11-19(14-20)29-5)25-16-18-10-7-8-13-21(18)31(27,28)26(3)4;/h7-14,17H,6,15-16H2,1-5H3,(H2,23,24,25);1H. The van der Waals surface area contributed by atoms with E-state index >= 15 is 0 Å². The lowest BCUT2D eigenvalue weighted by atomic mass is 10.2. The minimum absolute atomic E-state index is 0. The molecule has 0 saturated heterocycles. The van der Waals surface area contributed by atoms with Crippen molar-refractivity contribution in [3.05, 3.63) is 54.1 Å². The summed E-state index contributed by atoms with van der Waals surface area (Å²) in [6.07, 6.45) is -0.127. The van der Waals surface area contributed by atoms with Crippen LogP contribution in [0.25, 0.3) is 0 Å². The quantitative estimate of drug-likeness (QED) is 0.257. The SMILES string of the molecule is CCNC(=NCc1ccccc1S(=O)(=O)N(C)C)NCC(C)Oc1cccc(OC)c1.I. The first-order valence-corrected chi connectivity index (χ1v) is 11.5. The Morgan fingerprint density at radius 1 is 1.09 bits per heavy atom. The van der Waals surface area contributed by atoms with Crippen molar-refractivity contribution in [2.45, 2.75) is 31.4 Å². The van der Waals surface area contributed by atoms with Crippen LogP contribution in [0.4, 0.5) is 0 Å². The molecule has 0 aromatic heterocycles. The molecule has 2 aromatic carbocycles. The molecule has 2 N–H and O–H groups in total. The maximum absolute atomic E-state index is 12.6. The molecule has 0 saturated carbocycles. The van der Waals surface area contributed by atoms with E-state index < -0.39 is 10.0 Å². The summed E-state index contributed by atoms with van der Waals surface area (Å²) in [5.41, 5.74) is 0.633. The van der Waals surface area contributed by atoms with Crippen LogP contribution in [0.2, 0.25) is 0 Å². The van der Waals surface area contributed by atoms with Crippen molar-refractivity contribution in [1.82, 2.24) is 14.9 Å². The van der Waals surface area contributed by atoms with Crippen molar-refractivity contribution in [2.75, 3.05) is 34.3 Å². The average molecular weight is 577 g/mol. The van der Waals surface area contributed by atoms with Crippen molar-refractivity contribution in [3.63, 3.8) is 0 Å². The molecule has 0 heterocycles. The number of nitrogens with one attached hydrogen (secondary N) is 2. The molecule has 10 heteroatoms. The lowest BCUT2D eigenvalue weighted by molar-refractivity contribution is 0.223. The molecule has 0 aliphatic carbocycles. The highest BCUT2D eigenvalue weighted by molar-refractivity contribution is 14.0. The molecule has 178 valence electrons. The van der Waals surface area contributed by atoms with Gasteiger partial charge >= 0.3 is 0 Å². The molecule has 0 amide bonds. The second kappa shape index (κ2) is 13.5. The molecule has 0 fully saturated rings. The molecule has 0 bridgehead atoms. The first-order chi connectivity index (χ1) is 14.8. The molecule has 0 radical (unpaired) electrons. The van der Waals surface area contributed by atoms with E-state index in [1.54, 1.807) is 25.3 Å². The van der Waals surface area contributed by atoms with Gasteiger partial charge in [-0.3, -0.25) is 0 Å². The van der Waals surface area contributed by atoms with Crippen LogP contribution < -0.4 is 20.1 Å². The number of aliphatic imine (C=N–C) groups is 1. The van der Waals surface area contributed by atoms with Gasteiger partial charge in [0.2, 0.25) is 10.0 Å². The van der Waals surface area contributed by atoms with Crippen molar-refractivity contribution < 1.29 is 17.9 Å². The van der Waals surface area contributed by atoms with Gasteiger partial charge in [0.1, 0.15) is 17.6 Å². The summed E-state index contributed by atoms with van der Waals surface area (Å²) in [6, 6.07) is 14.3. The van der Waals surface area contributed by atoms with Gasteiger partial charge in [-0.2, -0.15) is 0 Å². The second-order valence-electron chi connectivity index (χ2n) is 7.08. The van der Waals surface area contributed by atoms with Gasteiger partial charge in [-0.15, -0.1) is 24.0 Å². The largest absolute Gasteiger partial charge is 0.497 e. The smallest absolute Gasteiger partial charge is 0.242 e. The van der Waals surface area contributed by atoms with Crippen LogP contribution in [0.15, 0.2) is 58.4 Å². The molecule has 0 aliphatic rings. The summed E-state index contributed by atoms with van der Waals surface area (Å²) >= 11 is 0. The molecule has 2 aromatic rings. The average Bonchev–Trinajstić information content (AvgIpc) is 2.75. The molecular formula is C22H33IN4O4S. The Morgan fingerprint density at radius 2 is 1.78 bits per heavy atom. The topological polar surface area (TPSA) is 92.3 Å². The monoisotopic (exact) mass is 576 g/mol. The van der Waals surface area contributed by atoms with Gasteiger partial charge in [0.05, 0.1) is 25.1 Å². The maximum Gasteiger partial charge on any atom is 0.242 e. The molecule has 32 heavy (non-hydrogen) atoms. The van der Waals surface area contributed by atoms with Gasteiger partial charge in [0.15, 0.2) is 5.96 Å². The Balaban J connectivity index is 0.00000512. The summed E-state index contributed by atoms with van der Waals surface area (Å²) in [6.45, 7) is 5.34. The minimum Gasteiger partial charge on any atom is -0.497 e. The molecule has 8 nitrogen and oxygen atoms in total. The molecule has 2 rings (SSSR count). The molecule has 0 spiro atoms. The highest BCUT2D eigenvalue weighted by atomic mass is 127. The number of ether oxygens (including phenoxy) is 2. The summed E-state index contributed by atoms with van der Waals surface area (Å²) < 4.78 is 37.5. The van der Waals surface area contributed by atoms with Gasteiger partial charge in [-0.05, 0) is 37.6 Å². The van der Waals surface area contributed by atoms with Crippen LogP contribution in [0, 0.1) is 0 Å². The van der Waals surface area contributed by atoms with Gasteiger partial charge < -0.3 is 20.1 Å². The first-order valence-electron chi connectivity index (χ1n) is 10.1. The van der Waals surface area contributed by atoms with E-state index in [0.717, 1.165) is 11.5 Å². The van der Waals surface area contributed by atoms with E-state index in [0.29, 0.717) is 24.6 Å². The highest BCUT2D eigenvalue weighted by Gasteiger charge is 2.20. The molecular weight excluding hydrogens is 543 g/mol. The fourth-order valence-electron chi connectivity index (χ4n) is 2.78. The lowest BCUT2D eigenvalue weighted by Crippen LogP contribution is -2.41. The molecule has 0 aliphatic heterocycles. The van der Waals surface area contributed by atoms with Crippen LogP contribution >= 0.6 is 24.0 Å². The summed E-state index contributed by atoms with van der Waals surface area (Å²) in [5, 5.41) is 6.42.